The van der Waals surface area contributed by atoms with Gasteiger partial charge in [-0.05, 0) is 44.6 Å². The van der Waals surface area contributed by atoms with Crippen molar-refractivity contribution in [3.8, 4) is 0 Å². The third-order valence-corrected chi connectivity index (χ3v) is 5.71. The first kappa shape index (κ1) is 17.0. The van der Waals surface area contributed by atoms with Gasteiger partial charge >= 0.3 is 5.97 Å². The number of aryl methyl sites for hydroxylation is 1. The number of fused-ring (bicyclic) bond motifs is 1. The number of nitrogens with zero attached hydrogens (tertiary/aromatic N) is 1. The Morgan fingerprint density at radius 2 is 1.88 bits per heavy atom. The maximum Gasteiger partial charge on any atom is 0.341 e. The van der Waals surface area contributed by atoms with Crippen molar-refractivity contribution in [2.45, 2.75) is 51.9 Å². The van der Waals surface area contributed by atoms with Crippen LogP contribution in [0.1, 0.15) is 59.8 Å². The summed E-state index contributed by atoms with van der Waals surface area (Å²) >= 11 is 1.49. The maximum atomic E-state index is 12.4. The molecule has 0 aromatic carbocycles. The third kappa shape index (κ3) is 3.34. The predicted molar refractivity (Wildman–Crippen MR) is 92.4 cm³/mol. The van der Waals surface area contributed by atoms with E-state index in [1.165, 1.54) is 22.4 Å². The van der Waals surface area contributed by atoms with Crippen molar-refractivity contribution in [1.82, 2.24) is 0 Å². The Kier molecular flexibility index (Phi) is 5.23. The van der Waals surface area contributed by atoms with Crippen LogP contribution in [-0.4, -0.2) is 30.4 Å². The van der Waals surface area contributed by atoms with E-state index in [0.717, 1.165) is 31.2 Å². The van der Waals surface area contributed by atoms with Crippen LogP contribution in [0.15, 0.2) is 4.99 Å². The normalized spacial score (nSPS) is 18.9. The zero-order valence-electron chi connectivity index (χ0n) is 13.8. The van der Waals surface area contributed by atoms with Gasteiger partial charge in [-0.15, -0.1) is 11.3 Å². The lowest BCUT2D eigenvalue weighted by Crippen LogP contribution is -2.29. The summed E-state index contributed by atoms with van der Waals surface area (Å²) < 4.78 is 5.19. The number of rotatable bonds is 4. The van der Waals surface area contributed by atoms with Gasteiger partial charge in [-0.25, -0.2) is 9.79 Å². The lowest BCUT2D eigenvalue weighted by molar-refractivity contribution is -0.132. The highest BCUT2D eigenvalue weighted by molar-refractivity contribution is 7.16. The second-order valence-electron chi connectivity index (χ2n) is 6.15. The summed E-state index contributed by atoms with van der Waals surface area (Å²) in [5.41, 5.74) is 1.57. The van der Waals surface area contributed by atoms with Crippen LogP contribution in [0.3, 0.4) is 0 Å². The summed E-state index contributed by atoms with van der Waals surface area (Å²) in [6, 6.07) is 0. The average Bonchev–Trinajstić information content (AvgIpc) is 2.93. The van der Waals surface area contributed by atoms with Crippen LogP contribution in [0.25, 0.3) is 0 Å². The van der Waals surface area contributed by atoms with Gasteiger partial charge in [0.15, 0.2) is 0 Å². The largest absolute Gasteiger partial charge is 0.462 e. The second-order valence-corrected chi connectivity index (χ2v) is 7.24. The molecule has 5 nitrogen and oxygen atoms in total. The molecule has 0 bridgehead atoms. The van der Waals surface area contributed by atoms with Gasteiger partial charge in [-0.2, -0.15) is 0 Å². The fourth-order valence-electron chi connectivity index (χ4n) is 3.29. The number of Topliss-reactive ketones (excluding diaryl/α,β-unsaturated/α-hetero) is 2. The van der Waals surface area contributed by atoms with Crippen molar-refractivity contribution < 1.29 is 19.1 Å². The minimum atomic E-state index is -0.757. The lowest BCUT2D eigenvalue weighted by Gasteiger charge is -2.14. The summed E-state index contributed by atoms with van der Waals surface area (Å²) in [6.45, 7) is 2.09. The number of hydrogen-bond acceptors (Lipinski definition) is 6. The molecule has 24 heavy (non-hydrogen) atoms. The minimum absolute atomic E-state index is 0.0750. The van der Waals surface area contributed by atoms with Crippen LogP contribution in [0, 0.1) is 5.92 Å². The first-order valence-corrected chi connectivity index (χ1v) is 9.34. The fourth-order valence-corrected chi connectivity index (χ4v) is 4.52. The zero-order chi connectivity index (χ0) is 17.1. The summed E-state index contributed by atoms with van der Waals surface area (Å²) in [5.74, 6) is -1.26. The van der Waals surface area contributed by atoms with Crippen LogP contribution in [0.5, 0.6) is 0 Å². The van der Waals surface area contributed by atoms with Crippen LogP contribution >= 0.6 is 11.3 Å². The highest BCUT2D eigenvalue weighted by Crippen LogP contribution is 2.40. The SMILES string of the molecule is CCOC(=O)c1c(/N=C/C2C(=O)CCCC2=O)sc2c1CCCC2. The molecule has 0 radical (unpaired) electrons. The van der Waals surface area contributed by atoms with E-state index in [0.29, 0.717) is 36.4 Å². The monoisotopic (exact) mass is 347 g/mol. The summed E-state index contributed by atoms with van der Waals surface area (Å²) in [6.07, 6.45) is 6.88. The highest BCUT2D eigenvalue weighted by atomic mass is 32.1. The highest BCUT2D eigenvalue weighted by Gasteiger charge is 2.30. The summed E-state index contributed by atoms with van der Waals surface area (Å²) in [4.78, 5) is 41.8. The molecule has 0 amide bonds. The van der Waals surface area contributed by atoms with Crippen molar-refractivity contribution in [3.63, 3.8) is 0 Å². The van der Waals surface area contributed by atoms with Crippen LogP contribution < -0.4 is 0 Å². The van der Waals surface area contributed by atoms with Crippen LogP contribution in [0.4, 0.5) is 5.00 Å². The molecule has 1 aromatic rings. The Bertz CT molecular complexity index is 688. The molecule has 0 N–H and O–H groups in total. The fraction of sp³-hybridized carbons (Fsp3) is 0.556. The molecule has 0 atom stereocenters. The summed E-state index contributed by atoms with van der Waals surface area (Å²) in [5, 5.41) is 0.575. The number of esters is 1. The number of hydrogen-bond donors (Lipinski definition) is 0. The molecular formula is C18H21NO4S. The second kappa shape index (κ2) is 7.38. The molecule has 1 saturated carbocycles. The Labute approximate surface area is 145 Å². The van der Waals surface area contributed by atoms with Gasteiger partial charge in [0.2, 0.25) is 0 Å². The van der Waals surface area contributed by atoms with E-state index in [1.54, 1.807) is 6.92 Å². The van der Waals surface area contributed by atoms with Crippen molar-refractivity contribution in [2.75, 3.05) is 6.61 Å². The van der Waals surface area contributed by atoms with E-state index in [2.05, 4.69) is 4.99 Å². The molecule has 0 aliphatic heterocycles. The quantitative estimate of drug-likeness (QED) is 0.475. The van der Waals surface area contributed by atoms with Crippen molar-refractivity contribution >= 4 is 40.1 Å². The number of ketones is 2. The average molecular weight is 347 g/mol. The Balaban J connectivity index is 1.93. The molecule has 3 rings (SSSR count). The number of carbonyl (C=O) groups is 3. The molecule has 0 saturated heterocycles. The number of aliphatic imine (C=N–C) groups is 1. The van der Waals surface area contributed by atoms with Gasteiger partial charge in [0, 0.05) is 23.9 Å². The van der Waals surface area contributed by atoms with Gasteiger partial charge < -0.3 is 4.74 Å². The molecule has 1 aromatic heterocycles. The predicted octanol–water partition coefficient (Wildman–Crippen LogP) is 3.44. The Hall–Kier alpha value is -1.82. The van der Waals surface area contributed by atoms with E-state index in [1.807, 2.05) is 0 Å². The first-order valence-electron chi connectivity index (χ1n) is 8.53. The molecule has 128 valence electrons. The van der Waals surface area contributed by atoms with E-state index in [4.69, 9.17) is 4.74 Å². The lowest BCUT2D eigenvalue weighted by atomic mass is 9.87. The van der Waals surface area contributed by atoms with Gasteiger partial charge in [0.1, 0.15) is 22.5 Å². The van der Waals surface area contributed by atoms with Crippen molar-refractivity contribution in [3.05, 3.63) is 16.0 Å². The minimum Gasteiger partial charge on any atom is -0.462 e. The Morgan fingerprint density at radius 1 is 1.17 bits per heavy atom. The molecule has 2 aliphatic rings. The number of thiophene rings is 1. The first-order chi connectivity index (χ1) is 11.6. The van der Waals surface area contributed by atoms with Gasteiger partial charge in [-0.1, -0.05) is 0 Å². The molecule has 1 heterocycles. The Morgan fingerprint density at radius 3 is 2.58 bits per heavy atom. The zero-order valence-corrected chi connectivity index (χ0v) is 14.6. The van der Waals surface area contributed by atoms with E-state index >= 15 is 0 Å². The number of ether oxygens (including phenoxy) is 1. The van der Waals surface area contributed by atoms with Crippen molar-refractivity contribution in [2.24, 2.45) is 10.9 Å². The molecular weight excluding hydrogens is 326 g/mol. The van der Waals surface area contributed by atoms with Gasteiger partial charge in [-0.3, -0.25) is 9.59 Å². The van der Waals surface area contributed by atoms with Gasteiger partial charge in [0.25, 0.3) is 0 Å². The van der Waals surface area contributed by atoms with E-state index in [-0.39, 0.29) is 17.5 Å². The topological polar surface area (TPSA) is 72.8 Å². The third-order valence-electron chi connectivity index (χ3n) is 4.51. The maximum absolute atomic E-state index is 12.4. The molecule has 0 spiro atoms. The van der Waals surface area contributed by atoms with E-state index in [9.17, 15) is 14.4 Å². The number of carbonyl (C=O) groups excluding carboxylic acids is 3. The smallest absolute Gasteiger partial charge is 0.341 e. The van der Waals surface area contributed by atoms with Crippen LogP contribution in [0.2, 0.25) is 0 Å². The van der Waals surface area contributed by atoms with Crippen molar-refractivity contribution in [1.29, 1.82) is 0 Å². The molecule has 1 fully saturated rings. The molecule has 0 unspecified atom stereocenters. The molecule has 2 aliphatic carbocycles. The van der Waals surface area contributed by atoms with Crippen LogP contribution in [-0.2, 0) is 27.2 Å². The van der Waals surface area contributed by atoms with E-state index < -0.39 is 5.92 Å². The molecule has 6 heteroatoms. The van der Waals surface area contributed by atoms with Gasteiger partial charge in [0.05, 0.1) is 12.2 Å². The standard InChI is InChI=1S/C18H21NO4S/c1-2-23-18(22)16-11-6-3-4-9-15(11)24-17(16)19-10-12-13(20)7-5-8-14(12)21/h10,12H,2-9H2,1H3/b19-10+. The summed E-state index contributed by atoms with van der Waals surface area (Å²) in [7, 11) is 0.